The highest BCUT2D eigenvalue weighted by atomic mass is 32.1. The standard InChI is InChI=1S/C8H9N3O4S/c12-4-1-5(8(14)15)11(3-4)7(13)6-2-9-10-16-6/h2,4-5,12H,1,3H2,(H,14,15)/t4-,5-/m1/s1. The second kappa shape index (κ2) is 4.14. The summed E-state index contributed by atoms with van der Waals surface area (Å²) in [6.07, 6.45) is 0.565. The molecule has 1 saturated heterocycles. The molecule has 2 atom stereocenters. The van der Waals surface area contributed by atoms with E-state index < -0.39 is 24.0 Å². The highest BCUT2D eigenvalue weighted by molar-refractivity contribution is 7.07. The molecule has 1 fully saturated rings. The smallest absolute Gasteiger partial charge is 0.326 e. The number of β-amino-alcohol motifs (C(OH)–C–C–N with tert-alkyl or cyclic N) is 1. The number of carboxylic acid groups (broad SMARTS) is 1. The molecule has 0 aliphatic carbocycles. The molecule has 0 spiro atoms. The van der Waals surface area contributed by atoms with E-state index in [0.29, 0.717) is 0 Å². The molecule has 1 aromatic rings. The predicted molar refractivity (Wildman–Crippen MR) is 53.0 cm³/mol. The number of aliphatic hydroxyl groups is 1. The summed E-state index contributed by atoms with van der Waals surface area (Å²) in [5.74, 6) is -1.55. The largest absolute Gasteiger partial charge is 0.480 e. The lowest BCUT2D eigenvalue weighted by molar-refractivity contribution is -0.141. The number of carboxylic acids is 1. The number of aromatic nitrogens is 2. The molecule has 1 aromatic heterocycles. The number of likely N-dealkylation sites (tertiary alicyclic amines) is 1. The minimum atomic E-state index is -1.11. The topological polar surface area (TPSA) is 104 Å². The van der Waals surface area contributed by atoms with Crippen molar-refractivity contribution in [3.8, 4) is 0 Å². The SMILES string of the molecule is O=C(O)[C@H]1C[C@@H](O)CN1C(=O)c1cnns1. The highest BCUT2D eigenvalue weighted by Gasteiger charge is 2.39. The second-order valence-corrected chi connectivity index (χ2v) is 4.27. The number of aliphatic carboxylic acids is 1. The average molecular weight is 243 g/mol. The van der Waals surface area contributed by atoms with Gasteiger partial charge in [-0.3, -0.25) is 4.79 Å². The Morgan fingerprint density at radius 3 is 2.88 bits per heavy atom. The van der Waals surface area contributed by atoms with Crippen molar-refractivity contribution in [3.63, 3.8) is 0 Å². The Kier molecular flexibility index (Phi) is 2.84. The predicted octanol–water partition coefficient (Wildman–Crippen LogP) is -0.802. The second-order valence-electron chi connectivity index (χ2n) is 3.48. The van der Waals surface area contributed by atoms with E-state index in [2.05, 4.69) is 9.59 Å². The minimum Gasteiger partial charge on any atom is -0.480 e. The number of carbonyl (C=O) groups excluding carboxylic acids is 1. The molecule has 7 nitrogen and oxygen atoms in total. The number of carbonyl (C=O) groups is 2. The third-order valence-electron chi connectivity index (χ3n) is 2.40. The van der Waals surface area contributed by atoms with Crippen LogP contribution in [0.1, 0.15) is 16.1 Å². The van der Waals surface area contributed by atoms with E-state index in [4.69, 9.17) is 5.11 Å². The average Bonchev–Trinajstić information content (AvgIpc) is 2.84. The van der Waals surface area contributed by atoms with Gasteiger partial charge in [-0.25, -0.2) is 4.79 Å². The summed E-state index contributed by atoms with van der Waals surface area (Å²) in [5.41, 5.74) is 0. The van der Waals surface area contributed by atoms with Crippen molar-refractivity contribution in [3.05, 3.63) is 11.1 Å². The molecule has 0 saturated carbocycles. The van der Waals surface area contributed by atoms with Crippen LogP contribution in [0.3, 0.4) is 0 Å². The zero-order valence-electron chi connectivity index (χ0n) is 8.11. The maximum absolute atomic E-state index is 11.9. The Balaban J connectivity index is 2.20. The number of nitrogens with zero attached hydrogens (tertiary/aromatic N) is 3. The van der Waals surface area contributed by atoms with Crippen molar-refractivity contribution in [2.45, 2.75) is 18.6 Å². The van der Waals surface area contributed by atoms with Gasteiger partial charge in [0.05, 0.1) is 12.3 Å². The molecular weight excluding hydrogens is 234 g/mol. The van der Waals surface area contributed by atoms with E-state index in [1.54, 1.807) is 0 Å². The zero-order chi connectivity index (χ0) is 11.7. The van der Waals surface area contributed by atoms with Gasteiger partial charge < -0.3 is 15.1 Å². The quantitative estimate of drug-likeness (QED) is 0.704. The van der Waals surface area contributed by atoms with Crippen molar-refractivity contribution in [1.29, 1.82) is 0 Å². The van der Waals surface area contributed by atoms with E-state index in [1.165, 1.54) is 6.20 Å². The van der Waals surface area contributed by atoms with Crippen molar-refractivity contribution in [2.24, 2.45) is 0 Å². The monoisotopic (exact) mass is 243 g/mol. The lowest BCUT2D eigenvalue weighted by Crippen LogP contribution is -2.40. The fourth-order valence-corrected chi connectivity index (χ4v) is 2.15. The molecular formula is C8H9N3O4S. The van der Waals surface area contributed by atoms with Crippen LogP contribution < -0.4 is 0 Å². The molecule has 2 heterocycles. The Labute approximate surface area is 94.5 Å². The van der Waals surface area contributed by atoms with Crippen LogP contribution in [0.2, 0.25) is 0 Å². The van der Waals surface area contributed by atoms with Crippen molar-refractivity contribution in [1.82, 2.24) is 14.5 Å². The van der Waals surface area contributed by atoms with Gasteiger partial charge in [-0.15, -0.1) is 5.10 Å². The van der Waals surface area contributed by atoms with Crippen LogP contribution in [-0.2, 0) is 4.79 Å². The molecule has 1 amide bonds. The van der Waals surface area contributed by atoms with Crippen LogP contribution >= 0.6 is 11.5 Å². The van der Waals surface area contributed by atoms with E-state index in [-0.39, 0.29) is 17.8 Å². The maximum atomic E-state index is 11.9. The number of hydrogen-bond acceptors (Lipinski definition) is 6. The van der Waals surface area contributed by atoms with Crippen LogP contribution in [0, 0.1) is 0 Å². The summed E-state index contributed by atoms with van der Waals surface area (Å²) in [6, 6.07) is -0.968. The third kappa shape index (κ3) is 1.89. The molecule has 2 rings (SSSR count). The van der Waals surface area contributed by atoms with Crippen LogP contribution in [0.25, 0.3) is 0 Å². The van der Waals surface area contributed by atoms with E-state index in [1.807, 2.05) is 0 Å². The van der Waals surface area contributed by atoms with Gasteiger partial charge in [-0.05, 0) is 11.5 Å². The lowest BCUT2D eigenvalue weighted by Gasteiger charge is -2.19. The maximum Gasteiger partial charge on any atom is 0.326 e. The van der Waals surface area contributed by atoms with Gasteiger partial charge in [-0.1, -0.05) is 4.49 Å². The molecule has 1 aliphatic heterocycles. The number of hydrogen-bond donors (Lipinski definition) is 2. The van der Waals surface area contributed by atoms with Gasteiger partial charge in [0.15, 0.2) is 0 Å². The van der Waals surface area contributed by atoms with Crippen LogP contribution in [-0.4, -0.2) is 55.3 Å². The van der Waals surface area contributed by atoms with Crippen molar-refractivity contribution >= 4 is 23.4 Å². The third-order valence-corrected chi connectivity index (χ3v) is 3.05. The normalized spacial score (nSPS) is 24.7. The molecule has 0 bridgehead atoms. The first-order valence-corrected chi connectivity index (χ1v) is 5.36. The molecule has 0 radical (unpaired) electrons. The first kappa shape index (κ1) is 11.0. The fourth-order valence-electron chi connectivity index (χ4n) is 1.68. The van der Waals surface area contributed by atoms with Gasteiger partial charge >= 0.3 is 5.97 Å². The zero-order valence-corrected chi connectivity index (χ0v) is 8.92. The first-order valence-electron chi connectivity index (χ1n) is 4.59. The van der Waals surface area contributed by atoms with Gasteiger partial charge in [0.25, 0.3) is 5.91 Å². The van der Waals surface area contributed by atoms with Gasteiger partial charge in [0, 0.05) is 13.0 Å². The Morgan fingerprint density at radius 1 is 1.56 bits per heavy atom. The Bertz CT molecular complexity index is 407. The molecule has 8 heteroatoms. The summed E-state index contributed by atoms with van der Waals surface area (Å²) in [4.78, 5) is 24.2. The minimum absolute atomic E-state index is 0.0354. The summed E-state index contributed by atoms with van der Waals surface area (Å²) in [6.45, 7) is 0.0354. The van der Waals surface area contributed by atoms with E-state index in [9.17, 15) is 14.7 Å². The number of rotatable bonds is 2. The Hall–Kier alpha value is -1.54. The van der Waals surface area contributed by atoms with Gasteiger partial charge in [0.2, 0.25) is 0 Å². The van der Waals surface area contributed by atoms with Crippen molar-refractivity contribution in [2.75, 3.05) is 6.54 Å². The first-order chi connectivity index (χ1) is 7.59. The van der Waals surface area contributed by atoms with Crippen LogP contribution in [0.15, 0.2) is 6.20 Å². The summed E-state index contributed by atoms with van der Waals surface area (Å²) < 4.78 is 3.54. The summed E-state index contributed by atoms with van der Waals surface area (Å²) in [5, 5.41) is 21.8. The molecule has 86 valence electrons. The molecule has 16 heavy (non-hydrogen) atoms. The van der Waals surface area contributed by atoms with Gasteiger partial charge in [0.1, 0.15) is 10.9 Å². The summed E-state index contributed by atoms with van der Waals surface area (Å²) in [7, 11) is 0. The number of amides is 1. The molecule has 0 aromatic carbocycles. The van der Waals surface area contributed by atoms with E-state index >= 15 is 0 Å². The highest BCUT2D eigenvalue weighted by Crippen LogP contribution is 2.21. The molecule has 1 aliphatic rings. The fraction of sp³-hybridized carbons (Fsp3) is 0.500. The summed E-state index contributed by atoms with van der Waals surface area (Å²) >= 11 is 0.906. The van der Waals surface area contributed by atoms with E-state index in [0.717, 1.165) is 16.4 Å². The van der Waals surface area contributed by atoms with Crippen LogP contribution in [0.4, 0.5) is 0 Å². The van der Waals surface area contributed by atoms with Crippen molar-refractivity contribution < 1.29 is 19.8 Å². The molecule has 2 N–H and O–H groups in total. The number of aliphatic hydroxyl groups excluding tert-OH is 1. The van der Waals surface area contributed by atoms with Gasteiger partial charge in [-0.2, -0.15) is 0 Å². The lowest BCUT2D eigenvalue weighted by atomic mass is 10.2. The van der Waals surface area contributed by atoms with Crippen LogP contribution in [0.5, 0.6) is 0 Å². The molecule has 0 unspecified atom stereocenters. The Morgan fingerprint density at radius 2 is 2.31 bits per heavy atom.